The Hall–Kier alpha value is -1.79. The van der Waals surface area contributed by atoms with E-state index in [-0.39, 0.29) is 16.7 Å². The Morgan fingerprint density at radius 3 is 2.90 bits per heavy atom. The first-order chi connectivity index (χ1) is 14.4. The van der Waals surface area contributed by atoms with Crippen molar-refractivity contribution >= 4 is 50.4 Å². The van der Waals surface area contributed by atoms with Gasteiger partial charge in [-0.1, -0.05) is 12.1 Å². The highest BCUT2D eigenvalue weighted by Gasteiger charge is 2.40. The first-order valence-electron chi connectivity index (χ1n) is 9.06. The molecule has 1 N–H and O–H groups in total. The number of nitrogens with one attached hydrogen (secondary N) is 1. The van der Waals surface area contributed by atoms with E-state index in [0.717, 1.165) is 26.0 Å². The molecule has 0 unspecified atom stereocenters. The quantitative estimate of drug-likeness (QED) is 0.557. The van der Waals surface area contributed by atoms with Gasteiger partial charge >= 0.3 is 0 Å². The van der Waals surface area contributed by atoms with E-state index in [2.05, 4.69) is 10.3 Å². The minimum Gasteiger partial charge on any atom is -0.354 e. The molecule has 11 heteroatoms. The van der Waals surface area contributed by atoms with Gasteiger partial charge < -0.3 is 5.32 Å². The first-order valence-corrected chi connectivity index (χ1v) is 13.4. The lowest BCUT2D eigenvalue weighted by atomic mass is 10.3. The molecule has 1 aliphatic rings. The summed E-state index contributed by atoms with van der Waals surface area (Å²) in [6.45, 7) is 0.363. The van der Waals surface area contributed by atoms with Gasteiger partial charge in [0.1, 0.15) is 16.9 Å². The highest BCUT2D eigenvalue weighted by atomic mass is 32.2. The molecule has 1 aromatic carbocycles. The summed E-state index contributed by atoms with van der Waals surface area (Å²) in [6.07, 6.45) is 0.560. The number of carbonyl (C=O) groups is 1. The van der Waals surface area contributed by atoms with Crippen molar-refractivity contribution in [1.29, 1.82) is 0 Å². The molecule has 6 nitrogen and oxygen atoms in total. The van der Waals surface area contributed by atoms with Crippen molar-refractivity contribution in [3.05, 3.63) is 58.7 Å². The third-order valence-electron chi connectivity index (χ3n) is 4.51. The molecule has 1 fully saturated rings. The Kier molecular flexibility index (Phi) is 6.54. The molecular weight excluding hydrogens is 465 g/mol. The number of nitrogens with zero attached hydrogens (tertiary/aromatic N) is 2. The van der Waals surface area contributed by atoms with Gasteiger partial charge in [0.05, 0.1) is 21.3 Å². The van der Waals surface area contributed by atoms with Crippen molar-refractivity contribution in [2.24, 2.45) is 0 Å². The highest BCUT2D eigenvalue weighted by Crippen LogP contribution is 2.29. The summed E-state index contributed by atoms with van der Waals surface area (Å²) in [7, 11) is -3.95. The van der Waals surface area contributed by atoms with Crippen LogP contribution in [0.5, 0.6) is 0 Å². The molecule has 0 bridgehead atoms. The third-order valence-corrected chi connectivity index (χ3v) is 9.47. The van der Waals surface area contributed by atoms with E-state index >= 15 is 0 Å². The lowest BCUT2D eigenvalue weighted by Gasteiger charge is -2.22. The molecule has 3 aromatic rings. The number of hydrogen-bond donors (Lipinski definition) is 1. The van der Waals surface area contributed by atoms with Crippen molar-refractivity contribution in [2.45, 2.75) is 17.4 Å². The molecule has 0 radical (unpaired) electrons. The second-order valence-electron chi connectivity index (χ2n) is 6.53. The van der Waals surface area contributed by atoms with Crippen molar-refractivity contribution in [2.75, 3.05) is 18.2 Å². The van der Waals surface area contributed by atoms with Crippen LogP contribution < -0.4 is 5.32 Å². The summed E-state index contributed by atoms with van der Waals surface area (Å²) in [5, 5.41) is 7.73. The summed E-state index contributed by atoms with van der Waals surface area (Å²) in [6, 6.07) is 8.01. The summed E-state index contributed by atoms with van der Waals surface area (Å²) in [4.78, 5) is 18.2. The maximum absolute atomic E-state index is 13.5. The molecule has 1 atom stereocenters. The van der Waals surface area contributed by atoms with E-state index in [4.69, 9.17) is 0 Å². The largest absolute Gasteiger partial charge is 0.354 e. The van der Waals surface area contributed by atoms with Gasteiger partial charge in [-0.3, -0.25) is 4.79 Å². The van der Waals surface area contributed by atoms with Gasteiger partial charge in [-0.05, 0) is 29.6 Å². The van der Waals surface area contributed by atoms with Crippen LogP contribution in [-0.2, 0) is 21.2 Å². The predicted molar refractivity (Wildman–Crippen MR) is 119 cm³/mol. The van der Waals surface area contributed by atoms with E-state index in [9.17, 15) is 17.6 Å². The second kappa shape index (κ2) is 9.15. The number of benzene rings is 1. The van der Waals surface area contributed by atoms with E-state index < -0.39 is 21.9 Å². The van der Waals surface area contributed by atoms with Crippen molar-refractivity contribution < 1.29 is 17.6 Å². The molecule has 2 aromatic heterocycles. The maximum Gasteiger partial charge on any atom is 0.244 e. The Morgan fingerprint density at radius 2 is 2.13 bits per heavy atom. The number of hydrogen-bond acceptors (Lipinski definition) is 7. The van der Waals surface area contributed by atoms with Crippen LogP contribution in [0.2, 0.25) is 0 Å². The monoisotopic (exact) mass is 483 g/mol. The van der Waals surface area contributed by atoms with Gasteiger partial charge in [0.2, 0.25) is 15.9 Å². The minimum absolute atomic E-state index is 0.147. The fraction of sp³-hybridized carbons (Fsp3) is 0.263. The normalized spacial score (nSPS) is 17.3. The number of thiophene rings is 1. The smallest absolute Gasteiger partial charge is 0.244 e. The fourth-order valence-electron chi connectivity index (χ4n) is 3.00. The predicted octanol–water partition coefficient (Wildman–Crippen LogP) is 3.43. The van der Waals surface area contributed by atoms with Crippen LogP contribution in [0.4, 0.5) is 4.39 Å². The second-order valence-corrected chi connectivity index (χ2v) is 11.2. The summed E-state index contributed by atoms with van der Waals surface area (Å²) in [5.41, 5.74) is 0.883. The topological polar surface area (TPSA) is 79.4 Å². The van der Waals surface area contributed by atoms with E-state index in [1.807, 2.05) is 22.9 Å². The SMILES string of the molecule is O=C(NCCc1csc(-c2cccs2)n1)[C@H]1CSCN1S(=O)(=O)c1cccc(F)c1. The fourth-order valence-corrected chi connectivity index (χ4v) is 7.85. The van der Waals surface area contributed by atoms with Crippen LogP contribution in [0, 0.1) is 5.82 Å². The van der Waals surface area contributed by atoms with Crippen LogP contribution in [0.1, 0.15) is 5.69 Å². The number of amides is 1. The van der Waals surface area contributed by atoms with Gasteiger partial charge in [0.25, 0.3) is 0 Å². The molecule has 4 rings (SSSR count). The molecule has 1 saturated heterocycles. The Bertz CT molecular complexity index is 1130. The van der Waals surface area contributed by atoms with Crippen LogP contribution in [0.25, 0.3) is 9.88 Å². The van der Waals surface area contributed by atoms with E-state index in [0.29, 0.717) is 18.7 Å². The van der Waals surface area contributed by atoms with Gasteiger partial charge in [0.15, 0.2) is 0 Å². The highest BCUT2D eigenvalue weighted by molar-refractivity contribution is 8.00. The number of thiazole rings is 1. The van der Waals surface area contributed by atoms with E-state index in [1.165, 1.54) is 30.0 Å². The zero-order valence-electron chi connectivity index (χ0n) is 15.7. The molecule has 30 heavy (non-hydrogen) atoms. The number of sulfonamides is 1. The summed E-state index contributed by atoms with van der Waals surface area (Å²) < 4.78 is 40.4. The van der Waals surface area contributed by atoms with Crippen molar-refractivity contribution in [3.8, 4) is 9.88 Å². The summed E-state index contributed by atoms with van der Waals surface area (Å²) in [5.74, 6) is -0.463. The minimum atomic E-state index is -3.95. The molecule has 1 aliphatic heterocycles. The number of rotatable bonds is 7. The average molecular weight is 484 g/mol. The van der Waals surface area contributed by atoms with Gasteiger partial charge in [-0.25, -0.2) is 17.8 Å². The third kappa shape index (κ3) is 4.59. The zero-order chi connectivity index (χ0) is 21.1. The van der Waals surface area contributed by atoms with Crippen LogP contribution in [-0.4, -0.2) is 47.8 Å². The lowest BCUT2D eigenvalue weighted by molar-refractivity contribution is -0.123. The lowest BCUT2D eigenvalue weighted by Crippen LogP contribution is -2.47. The first kappa shape index (κ1) is 21.4. The zero-order valence-corrected chi connectivity index (χ0v) is 18.9. The van der Waals surface area contributed by atoms with Gasteiger partial charge in [-0.15, -0.1) is 34.4 Å². The number of carbonyl (C=O) groups excluding carboxylic acids is 1. The maximum atomic E-state index is 13.5. The van der Waals surface area contributed by atoms with Crippen molar-refractivity contribution in [1.82, 2.24) is 14.6 Å². The molecule has 0 saturated carbocycles. The Balaban J connectivity index is 1.37. The Morgan fingerprint density at radius 1 is 1.27 bits per heavy atom. The molecule has 0 spiro atoms. The molecule has 3 heterocycles. The number of aromatic nitrogens is 1. The molecule has 158 valence electrons. The van der Waals surface area contributed by atoms with Crippen LogP contribution in [0.15, 0.2) is 52.1 Å². The number of thioether (sulfide) groups is 1. The van der Waals surface area contributed by atoms with Crippen LogP contribution >= 0.6 is 34.4 Å². The van der Waals surface area contributed by atoms with Crippen molar-refractivity contribution in [3.63, 3.8) is 0 Å². The van der Waals surface area contributed by atoms with Gasteiger partial charge in [0, 0.05) is 24.1 Å². The van der Waals surface area contributed by atoms with Gasteiger partial charge in [-0.2, -0.15) is 4.31 Å². The average Bonchev–Trinajstić information content (AvgIpc) is 3.48. The molecular formula is C19H18FN3O3S4. The standard InChI is InChI=1S/C19H18FN3O3S4/c20-13-3-1-4-15(9-13)30(25,26)23-12-27-11-16(23)18(24)21-7-6-14-10-29-19(22-14)17-5-2-8-28-17/h1-5,8-10,16H,6-7,11-12H2,(H,21,24)/t16-/m1/s1. The number of halogens is 1. The summed E-state index contributed by atoms with van der Waals surface area (Å²) >= 11 is 4.54. The molecule has 1 amide bonds. The van der Waals surface area contributed by atoms with Crippen LogP contribution in [0.3, 0.4) is 0 Å². The van der Waals surface area contributed by atoms with E-state index in [1.54, 1.807) is 22.7 Å². The molecule has 0 aliphatic carbocycles. The Labute approximate surface area is 186 Å².